The van der Waals surface area contributed by atoms with Crippen LogP contribution in [0.3, 0.4) is 0 Å². The van der Waals surface area contributed by atoms with Crippen molar-refractivity contribution in [2.24, 2.45) is 4.99 Å². The molecule has 1 aliphatic heterocycles. The standard InChI is InChI=1S/C21H25ClN6OS.HI/c1-23-21(25-18-5-8-28(9-6-18)13-15-7-10-30-14-15)24-12-19-26-20(27-29-19)16-3-2-4-17(22)11-16;/h2-4,7,10-11,14,18H,5-6,8-9,12-13H2,1H3,(H2,23,24,25);1H. The minimum absolute atomic E-state index is 0. The van der Waals surface area contributed by atoms with Crippen LogP contribution in [0.4, 0.5) is 0 Å². The van der Waals surface area contributed by atoms with Gasteiger partial charge in [-0.2, -0.15) is 16.3 Å². The molecule has 0 bridgehead atoms. The molecule has 0 spiro atoms. The summed E-state index contributed by atoms with van der Waals surface area (Å²) in [5.74, 6) is 1.77. The molecule has 1 saturated heterocycles. The van der Waals surface area contributed by atoms with E-state index < -0.39 is 0 Å². The SMILES string of the molecule is CN=C(NCc1nc(-c2cccc(Cl)c2)no1)NC1CCN(Cc2ccsc2)CC1.I. The largest absolute Gasteiger partial charge is 0.354 e. The van der Waals surface area contributed by atoms with E-state index in [1.165, 1.54) is 5.56 Å². The Morgan fingerprint density at radius 1 is 1.32 bits per heavy atom. The summed E-state index contributed by atoms with van der Waals surface area (Å²) in [7, 11) is 1.77. The van der Waals surface area contributed by atoms with E-state index in [9.17, 15) is 0 Å². The molecular weight excluding hydrogens is 547 g/mol. The highest BCUT2D eigenvalue weighted by molar-refractivity contribution is 14.0. The van der Waals surface area contributed by atoms with Gasteiger partial charge in [0.05, 0.1) is 6.54 Å². The second-order valence-corrected chi connectivity index (χ2v) is 8.49. The van der Waals surface area contributed by atoms with Crippen molar-refractivity contribution in [3.05, 3.63) is 57.6 Å². The van der Waals surface area contributed by atoms with Gasteiger partial charge in [-0.05, 0) is 47.4 Å². The summed E-state index contributed by atoms with van der Waals surface area (Å²) in [5, 5.41) is 15.8. The maximum absolute atomic E-state index is 6.03. The van der Waals surface area contributed by atoms with Crippen molar-refractivity contribution in [3.63, 3.8) is 0 Å². The lowest BCUT2D eigenvalue weighted by Crippen LogP contribution is -2.48. The summed E-state index contributed by atoms with van der Waals surface area (Å²) < 4.78 is 5.35. The Kier molecular flexibility index (Phi) is 9.12. The van der Waals surface area contributed by atoms with Crippen molar-refractivity contribution in [3.8, 4) is 11.4 Å². The molecule has 0 radical (unpaired) electrons. The number of nitrogens with zero attached hydrogens (tertiary/aromatic N) is 4. The highest BCUT2D eigenvalue weighted by atomic mass is 127. The van der Waals surface area contributed by atoms with Gasteiger partial charge in [0.1, 0.15) is 0 Å². The number of benzene rings is 1. The van der Waals surface area contributed by atoms with Crippen LogP contribution in [0.15, 0.2) is 50.6 Å². The smallest absolute Gasteiger partial charge is 0.246 e. The summed E-state index contributed by atoms with van der Waals surface area (Å²) in [4.78, 5) is 11.3. The third kappa shape index (κ3) is 6.90. The minimum atomic E-state index is 0. The maximum Gasteiger partial charge on any atom is 0.246 e. The van der Waals surface area contributed by atoms with Crippen molar-refractivity contribution < 1.29 is 4.52 Å². The number of aliphatic imine (C=N–C) groups is 1. The van der Waals surface area contributed by atoms with Crippen LogP contribution < -0.4 is 10.6 Å². The molecule has 31 heavy (non-hydrogen) atoms. The fourth-order valence-electron chi connectivity index (χ4n) is 3.50. The van der Waals surface area contributed by atoms with Crippen molar-refractivity contribution in [1.29, 1.82) is 0 Å². The van der Waals surface area contributed by atoms with E-state index in [4.69, 9.17) is 16.1 Å². The molecule has 1 aliphatic rings. The normalized spacial score (nSPS) is 15.5. The van der Waals surface area contributed by atoms with E-state index in [-0.39, 0.29) is 24.0 Å². The Morgan fingerprint density at radius 2 is 2.16 bits per heavy atom. The summed E-state index contributed by atoms with van der Waals surface area (Å²) in [6.45, 7) is 3.61. The molecule has 2 aromatic heterocycles. The number of piperidine rings is 1. The maximum atomic E-state index is 6.03. The molecule has 0 amide bonds. The lowest BCUT2D eigenvalue weighted by atomic mass is 10.0. The van der Waals surface area contributed by atoms with Crippen LogP contribution >= 0.6 is 46.9 Å². The monoisotopic (exact) mass is 572 g/mol. The average Bonchev–Trinajstić information content (AvgIpc) is 3.44. The molecule has 0 atom stereocenters. The number of aromatic nitrogens is 2. The number of hydrogen-bond acceptors (Lipinski definition) is 6. The quantitative estimate of drug-likeness (QED) is 0.259. The zero-order valence-electron chi connectivity index (χ0n) is 17.3. The molecule has 3 heterocycles. The van der Waals surface area contributed by atoms with Crippen LogP contribution in [0, 0.1) is 0 Å². The molecule has 7 nitrogen and oxygen atoms in total. The van der Waals surface area contributed by atoms with Gasteiger partial charge in [-0.25, -0.2) is 0 Å². The molecule has 1 fully saturated rings. The molecule has 10 heteroatoms. The number of nitrogens with one attached hydrogen (secondary N) is 2. The summed E-state index contributed by atoms with van der Waals surface area (Å²) in [6, 6.07) is 10.0. The number of hydrogen-bond donors (Lipinski definition) is 2. The third-order valence-corrected chi connectivity index (χ3v) is 6.06. The van der Waals surface area contributed by atoms with E-state index in [1.54, 1.807) is 18.4 Å². The van der Waals surface area contributed by atoms with Gasteiger partial charge < -0.3 is 15.2 Å². The zero-order chi connectivity index (χ0) is 20.8. The van der Waals surface area contributed by atoms with E-state index in [0.29, 0.717) is 29.3 Å². The first kappa shape index (κ1) is 24.0. The molecule has 4 rings (SSSR count). The van der Waals surface area contributed by atoms with Gasteiger partial charge in [-0.3, -0.25) is 9.89 Å². The van der Waals surface area contributed by atoms with E-state index in [2.05, 4.69) is 47.5 Å². The fraction of sp³-hybridized carbons (Fsp3) is 0.381. The molecule has 166 valence electrons. The van der Waals surface area contributed by atoms with Gasteiger partial charge in [0.2, 0.25) is 11.7 Å². The number of thiophene rings is 1. The van der Waals surface area contributed by atoms with Gasteiger partial charge in [0.25, 0.3) is 0 Å². The van der Waals surface area contributed by atoms with Crippen molar-refractivity contribution >= 4 is 52.9 Å². The Hall–Kier alpha value is -1.69. The lowest BCUT2D eigenvalue weighted by molar-refractivity contribution is 0.198. The van der Waals surface area contributed by atoms with E-state index >= 15 is 0 Å². The third-order valence-electron chi connectivity index (χ3n) is 5.10. The molecule has 0 aliphatic carbocycles. The van der Waals surface area contributed by atoms with Gasteiger partial charge in [0, 0.05) is 43.3 Å². The topological polar surface area (TPSA) is 78.6 Å². The van der Waals surface area contributed by atoms with Gasteiger partial charge in [-0.15, -0.1) is 24.0 Å². The van der Waals surface area contributed by atoms with E-state index in [0.717, 1.165) is 44.0 Å². The van der Waals surface area contributed by atoms with Crippen LogP contribution in [0.25, 0.3) is 11.4 Å². The van der Waals surface area contributed by atoms with Crippen molar-refractivity contribution in [2.75, 3.05) is 20.1 Å². The molecule has 0 unspecified atom stereocenters. The average molecular weight is 573 g/mol. The van der Waals surface area contributed by atoms with Crippen LogP contribution in [-0.2, 0) is 13.1 Å². The summed E-state index contributed by atoms with van der Waals surface area (Å²) in [6.07, 6.45) is 2.18. The second-order valence-electron chi connectivity index (χ2n) is 7.27. The first-order chi connectivity index (χ1) is 14.7. The summed E-state index contributed by atoms with van der Waals surface area (Å²) in [5.41, 5.74) is 2.23. The second kappa shape index (κ2) is 11.8. The number of halogens is 2. The molecule has 1 aromatic carbocycles. The molecule has 3 aromatic rings. The highest BCUT2D eigenvalue weighted by Crippen LogP contribution is 2.20. The first-order valence-electron chi connectivity index (χ1n) is 9.99. The van der Waals surface area contributed by atoms with Crippen molar-refractivity contribution in [1.82, 2.24) is 25.7 Å². The Bertz CT molecular complexity index is 972. The van der Waals surface area contributed by atoms with Gasteiger partial charge >= 0.3 is 0 Å². The number of rotatable bonds is 6. The molecule has 0 saturated carbocycles. The van der Waals surface area contributed by atoms with Crippen LogP contribution in [0.2, 0.25) is 5.02 Å². The van der Waals surface area contributed by atoms with Crippen LogP contribution in [-0.4, -0.2) is 47.2 Å². The Labute approximate surface area is 208 Å². The predicted octanol–water partition coefficient (Wildman–Crippen LogP) is 4.40. The molecular formula is C21H26ClIN6OS. The molecule has 2 N–H and O–H groups in total. The minimum Gasteiger partial charge on any atom is -0.354 e. The van der Waals surface area contributed by atoms with Crippen LogP contribution in [0.1, 0.15) is 24.3 Å². The lowest BCUT2D eigenvalue weighted by Gasteiger charge is -2.32. The Morgan fingerprint density at radius 3 is 2.87 bits per heavy atom. The fourth-order valence-corrected chi connectivity index (χ4v) is 4.35. The number of guanidine groups is 1. The van der Waals surface area contributed by atoms with Crippen molar-refractivity contribution in [2.45, 2.75) is 32.0 Å². The first-order valence-corrected chi connectivity index (χ1v) is 11.3. The highest BCUT2D eigenvalue weighted by Gasteiger charge is 2.20. The van der Waals surface area contributed by atoms with Gasteiger partial charge in [0.15, 0.2) is 5.96 Å². The number of likely N-dealkylation sites (tertiary alicyclic amines) is 1. The van der Waals surface area contributed by atoms with Gasteiger partial charge in [-0.1, -0.05) is 28.9 Å². The predicted molar refractivity (Wildman–Crippen MR) is 136 cm³/mol. The van der Waals surface area contributed by atoms with E-state index in [1.807, 2.05) is 24.3 Å². The Balaban J connectivity index is 0.00000272. The summed E-state index contributed by atoms with van der Waals surface area (Å²) >= 11 is 7.79. The zero-order valence-corrected chi connectivity index (χ0v) is 21.2. The van der Waals surface area contributed by atoms with Crippen LogP contribution in [0.5, 0.6) is 0 Å².